The van der Waals surface area contributed by atoms with Crippen molar-refractivity contribution in [3.8, 4) is 0 Å². The van der Waals surface area contributed by atoms with Gasteiger partial charge in [-0.3, -0.25) is 0 Å². The van der Waals surface area contributed by atoms with Crippen molar-refractivity contribution in [1.29, 1.82) is 0 Å². The molecule has 0 atom stereocenters. The maximum atomic E-state index is 5.03. The molecule has 0 saturated carbocycles. The van der Waals surface area contributed by atoms with E-state index in [0.29, 0.717) is 0 Å². The molecule has 9 heavy (non-hydrogen) atoms. The van der Waals surface area contributed by atoms with E-state index in [2.05, 4.69) is 15.4 Å². The first-order valence-corrected chi connectivity index (χ1v) is 15.6. The molecule has 0 saturated heterocycles. The molecule has 7 heteroatoms. The fourth-order valence-electron chi connectivity index (χ4n) is 0.167. The van der Waals surface area contributed by atoms with Gasteiger partial charge in [0.2, 0.25) is 0 Å². The molecule has 3 nitrogen and oxygen atoms in total. The van der Waals surface area contributed by atoms with Crippen LogP contribution >= 0.6 is 20.4 Å². The third-order valence-electron chi connectivity index (χ3n) is 0.331. The number of rotatable bonds is 0. The summed E-state index contributed by atoms with van der Waals surface area (Å²) in [6.07, 6.45) is 3.17. The summed E-state index contributed by atoms with van der Waals surface area (Å²) in [5.41, 5.74) is 0. The molecule has 0 bridgehead atoms. The van der Waals surface area contributed by atoms with E-state index in [1.54, 1.807) is 12.4 Å². The Balaban J connectivity index is 0.000000148. The van der Waals surface area contributed by atoms with E-state index in [1.165, 1.54) is 0 Å². The summed E-state index contributed by atoms with van der Waals surface area (Å²) in [5.74, 6) is 0. The summed E-state index contributed by atoms with van der Waals surface area (Å²) in [6.45, 7) is 15.1. The largest absolute Gasteiger partial charge is 0.198 e. The van der Waals surface area contributed by atoms with Crippen LogP contribution in [0.3, 0.4) is 0 Å². The number of hydrogen-bond acceptors (Lipinski definition) is 2. The second-order valence-corrected chi connectivity index (χ2v) is 16.9. The van der Waals surface area contributed by atoms with Gasteiger partial charge in [-0.25, -0.2) is 0 Å². The van der Waals surface area contributed by atoms with Crippen LogP contribution in [0.4, 0.5) is 0 Å². The first-order chi connectivity index (χ1) is 4.23. The molecule has 0 aliphatic rings. The molecule has 1 aromatic rings. The summed E-state index contributed by atoms with van der Waals surface area (Å²) in [4.78, 5) is 0. The Morgan fingerprint density at radius 3 is 1.56 bits per heavy atom. The molecule has 0 aromatic carbocycles. The fraction of sp³-hybridized carbons (Fsp3) is 0. The van der Waals surface area contributed by atoms with Crippen molar-refractivity contribution in [2.24, 2.45) is 0 Å². The quantitative estimate of drug-likeness (QED) is 0.794. The summed E-state index contributed by atoms with van der Waals surface area (Å²) in [7, 11) is 0. The summed E-state index contributed by atoms with van der Waals surface area (Å²) >= 11 is -2.31. The van der Waals surface area contributed by atoms with Gasteiger partial charge < -0.3 is 0 Å². The Morgan fingerprint density at radius 1 is 1.11 bits per heavy atom. The zero-order valence-electron chi connectivity index (χ0n) is 4.26. The molecule has 1 heterocycles. The van der Waals surface area contributed by atoms with Gasteiger partial charge in [0.25, 0.3) is 0 Å². The monoisotopic (exact) mass is 313 g/mol. The van der Waals surface area contributed by atoms with Gasteiger partial charge in [-0.15, -0.1) is 0 Å². The number of aromatic amines is 1. The molecule has 50 valence electrons. The first kappa shape index (κ1) is 10.2. The molecule has 0 amide bonds. The summed E-state index contributed by atoms with van der Waals surface area (Å²) < 4.78 is 0. The van der Waals surface area contributed by atoms with Crippen molar-refractivity contribution in [1.82, 2.24) is 15.4 Å². The van der Waals surface area contributed by atoms with Gasteiger partial charge in [-0.05, 0) is 0 Å². The van der Waals surface area contributed by atoms with E-state index in [0.717, 1.165) is 0 Å². The molecule has 1 aromatic heterocycles. The minimum atomic E-state index is -2.31. The number of aromatic nitrogens is 3. The van der Waals surface area contributed by atoms with Gasteiger partial charge in [0.05, 0.1) is 12.4 Å². The number of nitrogens with zero attached hydrogens (tertiary/aromatic N) is 2. The van der Waals surface area contributed by atoms with E-state index < -0.39 is 25.7 Å². The zero-order chi connectivity index (χ0) is 7.11. The number of H-pyrrole nitrogens is 1. The Morgan fingerprint density at radius 2 is 1.44 bits per heavy atom. The van der Waals surface area contributed by atoms with Crippen molar-refractivity contribution in [2.45, 2.75) is 0 Å². The molecular weight excluding hydrogens is 311 g/mol. The maximum Gasteiger partial charge on any atom is 0.0690 e. The van der Waals surface area contributed by atoms with Crippen molar-refractivity contribution in [2.75, 3.05) is 0 Å². The molecule has 0 aliphatic carbocycles. The molecule has 0 unspecified atom stereocenters. The third kappa shape index (κ3) is 12.4. The van der Waals surface area contributed by atoms with Gasteiger partial charge in [0.1, 0.15) is 0 Å². The van der Waals surface area contributed by atoms with Gasteiger partial charge in [-0.2, -0.15) is 15.4 Å². The minimum Gasteiger partial charge on any atom is -0.198 e. The van der Waals surface area contributed by atoms with E-state index in [-0.39, 0.29) is 0 Å². The predicted molar refractivity (Wildman–Crippen MR) is 33.9 cm³/mol. The first-order valence-electron chi connectivity index (χ1n) is 1.95. The van der Waals surface area contributed by atoms with E-state index >= 15 is 0 Å². The van der Waals surface area contributed by atoms with Crippen molar-refractivity contribution in [3.63, 3.8) is 0 Å². The molecule has 0 spiro atoms. The SMILES string of the molecule is [Cl][La]([Cl])[Cl].c1cn[nH]n1. The van der Waals surface area contributed by atoms with Crippen LogP contribution < -0.4 is 0 Å². The Hall–Kier alpha value is 1.20. The van der Waals surface area contributed by atoms with Crippen molar-refractivity contribution >= 4 is 20.4 Å². The van der Waals surface area contributed by atoms with Gasteiger partial charge in [0, 0.05) is 0 Å². The normalized spacial score (nSPS) is 7.44. The van der Waals surface area contributed by atoms with Crippen molar-refractivity contribution < 1.29 is 25.7 Å². The van der Waals surface area contributed by atoms with Gasteiger partial charge >= 0.3 is 46.0 Å². The van der Waals surface area contributed by atoms with Crippen LogP contribution in [0, 0.1) is 25.7 Å². The van der Waals surface area contributed by atoms with Crippen LogP contribution in [0.2, 0.25) is 0 Å². The fourth-order valence-corrected chi connectivity index (χ4v) is 0.167. The zero-order valence-corrected chi connectivity index (χ0v) is 10.2. The molecule has 0 aliphatic heterocycles. The van der Waals surface area contributed by atoms with E-state index in [9.17, 15) is 0 Å². The van der Waals surface area contributed by atoms with Crippen LogP contribution in [0.15, 0.2) is 12.4 Å². The molecular formula is C2H3Cl3LaN3. The number of halogens is 3. The second-order valence-electron chi connectivity index (χ2n) is 0.904. The van der Waals surface area contributed by atoms with Crippen LogP contribution in [0.25, 0.3) is 0 Å². The average Bonchev–Trinajstić information content (AvgIpc) is 2.11. The summed E-state index contributed by atoms with van der Waals surface area (Å²) in [5, 5.41) is 9.33. The van der Waals surface area contributed by atoms with Gasteiger partial charge in [0.15, 0.2) is 0 Å². The van der Waals surface area contributed by atoms with E-state index in [4.69, 9.17) is 20.4 Å². The molecule has 1 N–H and O–H groups in total. The predicted octanol–water partition coefficient (Wildman–Crippen LogP) is 1.87. The topological polar surface area (TPSA) is 41.6 Å². The minimum absolute atomic E-state index is 1.58. The van der Waals surface area contributed by atoms with Crippen LogP contribution in [0.5, 0.6) is 0 Å². The Labute approximate surface area is 72.8 Å². The molecule has 1 rings (SSSR count). The smallest absolute Gasteiger partial charge is 0.0690 e. The molecule has 0 fully saturated rings. The van der Waals surface area contributed by atoms with Crippen LogP contribution in [-0.2, 0) is 0 Å². The van der Waals surface area contributed by atoms with E-state index in [1.807, 2.05) is 0 Å². The number of nitrogens with one attached hydrogen (secondary N) is 1. The Bertz CT molecular complexity index is 101. The van der Waals surface area contributed by atoms with Crippen molar-refractivity contribution in [3.05, 3.63) is 12.4 Å². The molecule has 0 radical (unpaired) electrons. The maximum absolute atomic E-state index is 5.03. The Kier molecular flexibility index (Phi) is 8.29. The van der Waals surface area contributed by atoms with Crippen LogP contribution in [0.1, 0.15) is 0 Å². The number of hydrogen-bond donors (Lipinski definition) is 1. The summed E-state index contributed by atoms with van der Waals surface area (Å²) in [6, 6.07) is 0. The van der Waals surface area contributed by atoms with Crippen LogP contribution in [-0.4, -0.2) is 15.4 Å². The second kappa shape index (κ2) is 7.31. The standard InChI is InChI=1S/C2H3N3.3ClH.La/c1-2-4-5-3-1;;;;/h1-2H,(H,3,4,5);3*1H;/q;;;;+3/p-3. The third-order valence-corrected chi connectivity index (χ3v) is 0.331. The average molecular weight is 314 g/mol. The van der Waals surface area contributed by atoms with Gasteiger partial charge in [-0.1, -0.05) is 0 Å².